The molecule has 0 unspecified atom stereocenters. The van der Waals surface area contributed by atoms with Crippen LogP contribution in [0.1, 0.15) is 25.7 Å². The van der Waals surface area contributed by atoms with E-state index in [0.29, 0.717) is 18.9 Å². The van der Waals surface area contributed by atoms with Crippen LogP contribution in [0.15, 0.2) is 29.3 Å². The van der Waals surface area contributed by atoms with Gasteiger partial charge in [-0.15, -0.1) is 24.0 Å². The van der Waals surface area contributed by atoms with Crippen LogP contribution in [0.5, 0.6) is 0 Å². The van der Waals surface area contributed by atoms with Crippen LogP contribution in [0, 0.1) is 0 Å². The lowest BCUT2D eigenvalue weighted by molar-refractivity contribution is -0.131. The van der Waals surface area contributed by atoms with Gasteiger partial charge >= 0.3 is 0 Å². The fraction of sp³-hybridized carbons (Fsp3) is 0.579. The number of likely N-dealkylation sites (tertiary alicyclic amines) is 1. The lowest BCUT2D eigenvalue weighted by atomic mass is 10.1. The van der Waals surface area contributed by atoms with E-state index in [1.54, 1.807) is 0 Å². The Morgan fingerprint density at radius 2 is 1.59 bits per heavy atom. The third kappa shape index (κ3) is 6.41. The van der Waals surface area contributed by atoms with Gasteiger partial charge in [-0.05, 0) is 43.5 Å². The Kier molecular flexibility index (Phi) is 8.95. The summed E-state index contributed by atoms with van der Waals surface area (Å²) in [6.45, 7) is 5.71. The van der Waals surface area contributed by atoms with Gasteiger partial charge in [-0.3, -0.25) is 9.79 Å². The number of anilines is 1. The van der Waals surface area contributed by atoms with Gasteiger partial charge in [0.25, 0.3) is 0 Å². The second-order valence-electron chi connectivity index (χ2n) is 6.88. The first-order chi connectivity index (χ1) is 12.6. The molecule has 8 heteroatoms. The summed E-state index contributed by atoms with van der Waals surface area (Å²) in [4.78, 5) is 23.0. The van der Waals surface area contributed by atoms with Gasteiger partial charge in [0, 0.05) is 56.4 Å². The van der Waals surface area contributed by atoms with Gasteiger partial charge in [0.05, 0.1) is 6.54 Å². The fourth-order valence-electron chi connectivity index (χ4n) is 3.51. The highest BCUT2D eigenvalue weighted by atomic mass is 127. The van der Waals surface area contributed by atoms with Crippen molar-refractivity contribution in [3.63, 3.8) is 0 Å². The van der Waals surface area contributed by atoms with Crippen molar-refractivity contribution in [2.75, 3.05) is 50.7 Å². The van der Waals surface area contributed by atoms with E-state index in [2.05, 4.69) is 14.8 Å². The van der Waals surface area contributed by atoms with Crippen LogP contribution in [-0.2, 0) is 4.79 Å². The normalized spacial score (nSPS) is 18.3. The molecule has 0 spiro atoms. The van der Waals surface area contributed by atoms with Gasteiger partial charge in [-0.25, -0.2) is 0 Å². The number of benzene rings is 1. The molecule has 2 aliphatic heterocycles. The van der Waals surface area contributed by atoms with Crippen molar-refractivity contribution < 1.29 is 4.79 Å². The molecule has 0 radical (unpaired) electrons. The minimum absolute atomic E-state index is 0. The maximum absolute atomic E-state index is 12.2. The number of hydrogen-bond acceptors (Lipinski definition) is 3. The molecule has 27 heavy (non-hydrogen) atoms. The number of aliphatic imine (C=N–C) groups is 1. The van der Waals surface area contributed by atoms with Gasteiger partial charge < -0.3 is 20.4 Å². The molecule has 0 aromatic heterocycles. The molecular weight excluding hydrogens is 477 g/mol. The monoisotopic (exact) mass is 505 g/mol. The number of carbonyl (C=O) groups is 1. The summed E-state index contributed by atoms with van der Waals surface area (Å²) in [6, 6.07) is 7.92. The molecule has 0 saturated carbocycles. The summed E-state index contributed by atoms with van der Waals surface area (Å²) >= 11 is 5.95. The zero-order valence-electron chi connectivity index (χ0n) is 15.6. The molecule has 3 rings (SSSR count). The van der Waals surface area contributed by atoms with Crippen LogP contribution in [0.3, 0.4) is 0 Å². The van der Waals surface area contributed by atoms with E-state index in [1.807, 2.05) is 29.2 Å². The van der Waals surface area contributed by atoms with Crippen LogP contribution in [0.4, 0.5) is 5.69 Å². The molecule has 2 fully saturated rings. The number of halogens is 2. The number of carbonyl (C=O) groups excluding carboxylic acids is 1. The number of piperazine rings is 1. The van der Waals surface area contributed by atoms with E-state index in [4.69, 9.17) is 17.3 Å². The summed E-state index contributed by atoms with van der Waals surface area (Å²) < 4.78 is 0. The van der Waals surface area contributed by atoms with Crippen LogP contribution >= 0.6 is 35.6 Å². The first-order valence-corrected chi connectivity index (χ1v) is 9.84. The summed E-state index contributed by atoms with van der Waals surface area (Å²) in [5, 5.41) is 0.753. The number of piperidine rings is 1. The van der Waals surface area contributed by atoms with Crippen molar-refractivity contribution in [1.29, 1.82) is 0 Å². The van der Waals surface area contributed by atoms with E-state index in [9.17, 15) is 4.79 Å². The molecule has 2 aliphatic rings. The Hall–Kier alpha value is -1.22. The maximum Gasteiger partial charge on any atom is 0.224 e. The predicted octanol–water partition coefficient (Wildman–Crippen LogP) is 2.80. The average molecular weight is 506 g/mol. The number of rotatable bonds is 4. The van der Waals surface area contributed by atoms with Crippen LogP contribution < -0.4 is 10.6 Å². The van der Waals surface area contributed by atoms with Crippen molar-refractivity contribution in [2.45, 2.75) is 25.7 Å². The van der Waals surface area contributed by atoms with E-state index < -0.39 is 0 Å². The van der Waals surface area contributed by atoms with Crippen molar-refractivity contribution in [1.82, 2.24) is 9.80 Å². The molecule has 0 bridgehead atoms. The molecular formula is C19H29ClIN5O. The van der Waals surface area contributed by atoms with E-state index >= 15 is 0 Å². The lowest BCUT2D eigenvalue weighted by Crippen LogP contribution is -2.51. The third-order valence-electron chi connectivity index (χ3n) is 5.10. The quantitative estimate of drug-likeness (QED) is 0.388. The number of nitrogens with two attached hydrogens (primary N) is 1. The molecule has 2 saturated heterocycles. The zero-order valence-corrected chi connectivity index (χ0v) is 18.7. The van der Waals surface area contributed by atoms with Gasteiger partial charge in [0.1, 0.15) is 0 Å². The lowest BCUT2D eigenvalue weighted by Gasteiger charge is -2.36. The predicted molar refractivity (Wildman–Crippen MR) is 122 cm³/mol. The number of nitrogens with zero attached hydrogens (tertiary/aromatic N) is 4. The molecule has 1 aromatic rings. The second-order valence-corrected chi connectivity index (χ2v) is 7.32. The molecule has 1 aromatic carbocycles. The minimum Gasteiger partial charge on any atom is -0.370 e. The van der Waals surface area contributed by atoms with Gasteiger partial charge in [-0.1, -0.05) is 11.6 Å². The molecule has 0 atom stereocenters. The molecule has 1 amide bonds. The number of guanidine groups is 1. The average Bonchev–Trinajstić information content (AvgIpc) is 2.69. The minimum atomic E-state index is 0. The fourth-order valence-corrected chi connectivity index (χ4v) is 3.64. The standard InChI is InChI=1S/C19H28ClN5O.HI/c20-16-4-6-17(7-5-16)23-12-14-25(15-13-23)19(21)22-9-8-18(26)24-10-2-1-3-11-24;/h4-7H,1-3,8-15H2,(H2,21,22);1H. The van der Waals surface area contributed by atoms with Crippen LogP contribution in [-0.4, -0.2) is 67.5 Å². The Morgan fingerprint density at radius 1 is 0.963 bits per heavy atom. The molecule has 0 aliphatic carbocycles. The van der Waals surface area contributed by atoms with E-state index in [1.165, 1.54) is 12.1 Å². The topological polar surface area (TPSA) is 65.2 Å². The first-order valence-electron chi connectivity index (χ1n) is 9.46. The van der Waals surface area contributed by atoms with Crippen molar-refractivity contribution >= 4 is 53.1 Å². The smallest absolute Gasteiger partial charge is 0.224 e. The molecule has 2 heterocycles. The van der Waals surface area contributed by atoms with Crippen molar-refractivity contribution in [3.05, 3.63) is 29.3 Å². The van der Waals surface area contributed by atoms with Crippen LogP contribution in [0.2, 0.25) is 5.02 Å². The second kappa shape index (κ2) is 10.9. The van der Waals surface area contributed by atoms with Crippen LogP contribution in [0.25, 0.3) is 0 Å². The SMILES string of the molecule is I.NC(=NCCC(=O)N1CCCCC1)N1CCN(c2ccc(Cl)cc2)CC1. The summed E-state index contributed by atoms with van der Waals surface area (Å²) in [7, 11) is 0. The highest BCUT2D eigenvalue weighted by Crippen LogP contribution is 2.19. The summed E-state index contributed by atoms with van der Waals surface area (Å²) in [5.74, 6) is 0.751. The Balaban J connectivity index is 0.00000261. The first kappa shape index (κ1) is 22.1. The Morgan fingerprint density at radius 3 is 2.22 bits per heavy atom. The summed E-state index contributed by atoms with van der Waals surface area (Å²) in [6.07, 6.45) is 3.92. The highest BCUT2D eigenvalue weighted by Gasteiger charge is 2.19. The van der Waals surface area contributed by atoms with Crippen molar-refractivity contribution in [2.24, 2.45) is 10.7 Å². The highest BCUT2D eigenvalue weighted by molar-refractivity contribution is 14.0. The summed E-state index contributed by atoms with van der Waals surface area (Å²) in [5.41, 5.74) is 7.31. The van der Waals surface area contributed by atoms with Gasteiger partial charge in [0.2, 0.25) is 5.91 Å². The Labute approximate surface area is 183 Å². The largest absolute Gasteiger partial charge is 0.370 e. The zero-order chi connectivity index (χ0) is 18.4. The Bertz CT molecular complexity index is 625. The third-order valence-corrected chi connectivity index (χ3v) is 5.36. The van der Waals surface area contributed by atoms with Gasteiger partial charge in [-0.2, -0.15) is 0 Å². The molecule has 6 nitrogen and oxygen atoms in total. The van der Waals surface area contributed by atoms with Gasteiger partial charge in [0.15, 0.2) is 5.96 Å². The molecule has 2 N–H and O–H groups in total. The number of amides is 1. The van der Waals surface area contributed by atoms with Crippen molar-refractivity contribution in [3.8, 4) is 0 Å². The number of hydrogen-bond donors (Lipinski definition) is 1. The molecule has 150 valence electrons. The maximum atomic E-state index is 12.2. The van der Waals surface area contributed by atoms with E-state index in [0.717, 1.165) is 57.1 Å². The van der Waals surface area contributed by atoms with E-state index in [-0.39, 0.29) is 29.9 Å².